The summed E-state index contributed by atoms with van der Waals surface area (Å²) >= 11 is 4.95. The lowest BCUT2D eigenvalue weighted by molar-refractivity contribution is -0.121. The minimum Gasteiger partial charge on any atom is -0.462 e. The summed E-state index contributed by atoms with van der Waals surface area (Å²) in [6.07, 6.45) is 3.76. The summed E-state index contributed by atoms with van der Waals surface area (Å²) in [7, 11) is 0. The van der Waals surface area contributed by atoms with Crippen molar-refractivity contribution >= 4 is 35.2 Å². The lowest BCUT2D eigenvalue weighted by atomic mass is 10.1. The number of carbonyl (C=O) groups is 2. The highest BCUT2D eigenvalue weighted by Gasteiger charge is 2.05. The largest absolute Gasteiger partial charge is 0.462 e. The smallest absolute Gasteiger partial charge is 0.250 e. The maximum absolute atomic E-state index is 11.7. The quantitative estimate of drug-likeness (QED) is 0.434. The van der Waals surface area contributed by atoms with E-state index in [1.165, 1.54) is 12.2 Å². The third-order valence-electron chi connectivity index (χ3n) is 3.20. The van der Waals surface area contributed by atoms with Crippen LogP contribution in [-0.2, 0) is 16.0 Å². The summed E-state index contributed by atoms with van der Waals surface area (Å²) in [5.74, 6) is 0.684. The van der Waals surface area contributed by atoms with E-state index in [2.05, 4.69) is 16.2 Å². The van der Waals surface area contributed by atoms with Crippen molar-refractivity contribution in [1.82, 2.24) is 16.2 Å². The molecule has 2 amide bonds. The van der Waals surface area contributed by atoms with Gasteiger partial charge >= 0.3 is 0 Å². The van der Waals surface area contributed by atoms with Crippen LogP contribution in [0.4, 0.5) is 0 Å². The van der Waals surface area contributed by atoms with Gasteiger partial charge < -0.3 is 4.42 Å². The molecule has 1 heterocycles. The molecule has 2 aromatic rings. The van der Waals surface area contributed by atoms with Crippen molar-refractivity contribution in [3.05, 3.63) is 65.6 Å². The van der Waals surface area contributed by atoms with E-state index in [1.54, 1.807) is 12.1 Å². The summed E-state index contributed by atoms with van der Waals surface area (Å²) in [5, 5.41) is 2.44. The first-order chi connectivity index (χ1) is 12.0. The molecule has 0 fully saturated rings. The van der Waals surface area contributed by atoms with Gasteiger partial charge in [-0.1, -0.05) is 30.3 Å². The molecular weight excluding hydrogens is 338 g/mol. The lowest BCUT2D eigenvalue weighted by Crippen LogP contribution is -2.48. The van der Waals surface area contributed by atoms with E-state index in [9.17, 15) is 9.59 Å². The van der Waals surface area contributed by atoms with Gasteiger partial charge in [0.15, 0.2) is 5.11 Å². The number of rotatable bonds is 5. The number of amides is 2. The van der Waals surface area contributed by atoms with Crippen LogP contribution in [0.25, 0.3) is 6.08 Å². The fourth-order valence-corrected chi connectivity index (χ4v) is 2.13. The van der Waals surface area contributed by atoms with Crippen LogP contribution in [0.1, 0.15) is 23.5 Å². The summed E-state index contributed by atoms with van der Waals surface area (Å²) in [4.78, 5) is 23.5. The zero-order valence-electron chi connectivity index (χ0n) is 13.7. The van der Waals surface area contributed by atoms with E-state index >= 15 is 0 Å². The Balaban J connectivity index is 1.66. The summed E-state index contributed by atoms with van der Waals surface area (Å²) < 4.78 is 5.31. The molecule has 0 aliphatic heterocycles. The van der Waals surface area contributed by atoms with Crippen LogP contribution in [0.15, 0.2) is 53.0 Å². The molecule has 0 aliphatic rings. The second kappa shape index (κ2) is 9.39. The van der Waals surface area contributed by atoms with Crippen molar-refractivity contribution < 1.29 is 14.0 Å². The second-order valence-electron chi connectivity index (χ2n) is 5.26. The molecule has 3 N–H and O–H groups in total. The average Bonchev–Trinajstić information content (AvgIpc) is 3.02. The molecule has 0 saturated carbocycles. The number of furan rings is 1. The van der Waals surface area contributed by atoms with Crippen molar-refractivity contribution in [3.63, 3.8) is 0 Å². The Bertz CT molecular complexity index is 769. The zero-order chi connectivity index (χ0) is 18.1. The fourth-order valence-electron chi connectivity index (χ4n) is 1.98. The van der Waals surface area contributed by atoms with Gasteiger partial charge in [0.1, 0.15) is 11.5 Å². The zero-order valence-corrected chi connectivity index (χ0v) is 14.6. The third-order valence-corrected chi connectivity index (χ3v) is 3.40. The van der Waals surface area contributed by atoms with Gasteiger partial charge in [-0.05, 0) is 49.3 Å². The Hall–Kier alpha value is -2.93. The van der Waals surface area contributed by atoms with Crippen LogP contribution < -0.4 is 16.2 Å². The molecule has 1 aromatic heterocycles. The van der Waals surface area contributed by atoms with Crippen molar-refractivity contribution in [2.75, 3.05) is 0 Å². The number of hydrogen-bond acceptors (Lipinski definition) is 4. The highest BCUT2D eigenvalue weighted by molar-refractivity contribution is 7.80. The minimum absolute atomic E-state index is 0.0123. The normalized spacial score (nSPS) is 10.4. The maximum atomic E-state index is 11.7. The van der Waals surface area contributed by atoms with Gasteiger partial charge in [0.25, 0.3) is 0 Å². The molecular formula is C18H19N3O3S. The number of carbonyl (C=O) groups excluding carboxylic acids is 2. The first-order valence-corrected chi connectivity index (χ1v) is 8.12. The Labute approximate surface area is 151 Å². The van der Waals surface area contributed by atoms with Crippen LogP contribution >= 0.6 is 12.2 Å². The van der Waals surface area contributed by atoms with Crippen molar-refractivity contribution in [3.8, 4) is 0 Å². The Morgan fingerprint density at radius 3 is 2.56 bits per heavy atom. The first kappa shape index (κ1) is 18.4. The van der Waals surface area contributed by atoms with Crippen molar-refractivity contribution in [1.29, 1.82) is 0 Å². The SMILES string of the molecule is Cc1ccc(C=CC(=O)NC(=S)NNC(=O)CCc2ccccc2)o1. The topological polar surface area (TPSA) is 83.4 Å². The molecule has 1 aromatic carbocycles. The van der Waals surface area contributed by atoms with E-state index in [4.69, 9.17) is 16.6 Å². The van der Waals surface area contributed by atoms with Crippen molar-refractivity contribution in [2.45, 2.75) is 19.8 Å². The monoisotopic (exact) mass is 357 g/mol. The fraction of sp³-hybridized carbons (Fsp3) is 0.167. The van der Waals surface area contributed by atoms with Gasteiger partial charge in [-0.2, -0.15) is 0 Å². The summed E-state index contributed by atoms with van der Waals surface area (Å²) in [6, 6.07) is 13.2. The molecule has 7 heteroatoms. The molecule has 0 bridgehead atoms. The molecule has 0 spiro atoms. The lowest BCUT2D eigenvalue weighted by Gasteiger charge is -2.09. The molecule has 0 atom stereocenters. The first-order valence-electron chi connectivity index (χ1n) is 7.71. The minimum atomic E-state index is -0.426. The predicted molar refractivity (Wildman–Crippen MR) is 99.3 cm³/mol. The number of nitrogens with one attached hydrogen (secondary N) is 3. The van der Waals surface area contributed by atoms with Gasteiger partial charge in [0.2, 0.25) is 11.8 Å². The van der Waals surface area contributed by atoms with Crippen LogP contribution in [0.2, 0.25) is 0 Å². The molecule has 2 rings (SSSR count). The number of benzene rings is 1. The number of hydrazine groups is 1. The predicted octanol–water partition coefficient (Wildman–Crippen LogP) is 2.26. The maximum Gasteiger partial charge on any atom is 0.250 e. The summed E-state index contributed by atoms with van der Waals surface area (Å²) in [5.41, 5.74) is 6.02. The highest BCUT2D eigenvalue weighted by atomic mass is 32.1. The van der Waals surface area contributed by atoms with Crippen LogP contribution in [0, 0.1) is 6.92 Å². The standard InChI is InChI=1S/C18H19N3O3S/c1-13-7-9-15(24-13)10-12-16(22)19-18(25)21-20-17(23)11-8-14-5-3-2-4-6-14/h2-7,9-10,12H,8,11H2,1H3,(H,20,23)(H2,19,21,22,25). The molecule has 0 unspecified atom stereocenters. The van der Waals surface area contributed by atoms with Gasteiger partial charge in [-0.3, -0.25) is 25.8 Å². The number of thiocarbonyl (C=S) groups is 1. The van der Waals surface area contributed by atoms with Gasteiger partial charge in [-0.25, -0.2) is 0 Å². The van der Waals surface area contributed by atoms with Crippen molar-refractivity contribution in [2.24, 2.45) is 0 Å². The number of hydrogen-bond donors (Lipinski definition) is 3. The summed E-state index contributed by atoms with van der Waals surface area (Å²) in [6.45, 7) is 1.82. The van der Waals surface area contributed by atoms with Crippen LogP contribution in [0.5, 0.6) is 0 Å². The van der Waals surface area contributed by atoms with E-state index in [1.807, 2.05) is 37.3 Å². The third kappa shape index (κ3) is 7.01. The molecule has 25 heavy (non-hydrogen) atoms. The number of aryl methyl sites for hydroxylation is 2. The van der Waals surface area contributed by atoms with E-state index < -0.39 is 5.91 Å². The Kier molecular flexibility index (Phi) is 6.91. The van der Waals surface area contributed by atoms with E-state index in [-0.39, 0.29) is 11.0 Å². The molecule has 0 aliphatic carbocycles. The van der Waals surface area contributed by atoms with Gasteiger partial charge in [-0.15, -0.1) is 0 Å². The average molecular weight is 357 g/mol. The highest BCUT2D eigenvalue weighted by Crippen LogP contribution is 2.07. The van der Waals surface area contributed by atoms with Gasteiger partial charge in [0, 0.05) is 12.5 Å². The Morgan fingerprint density at radius 1 is 1.12 bits per heavy atom. The van der Waals surface area contributed by atoms with Crippen LogP contribution in [0.3, 0.4) is 0 Å². The molecule has 130 valence electrons. The van der Waals surface area contributed by atoms with E-state index in [0.29, 0.717) is 18.6 Å². The van der Waals surface area contributed by atoms with Gasteiger partial charge in [0.05, 0.1) is 0 Å². The Morgan fingerprint density at radius 2 is 1.88 bits per heavy atom. The second-order valence-corrected chi connectivity index (χ2v) is 5.67. The molecule has 6 nitrogen and oxygen atoms in total. The molecule has 0 saturated heterocycles. The van der Waals surface area contributed by atoms with E-state index in [0.717, 1.165) is 11.3 Å². The molecule has 0 radical (unpaired) electrons. The van der Waals surface area contributed by atoms with Crippen LogP contribution in [-0.4, -0.2) is 16.9 Å².